The molecule has 0 unspecified atom stereocenters. The summed E-state index contributed by atoms with van der Waals surface area (Å²) in [6.07, 6.45) is 0. The summed E-state index contributed by atoms with van der Waals surface area (Å²) in [7, 11) is 0. The van der Waals surface area contributed by atoms with Crippen molar-refractivity contribution in [3.63, 3.8) is 0 Å². The molecule has 2 aromatic carbocycles. The molecule has 1 aromatic heterocycles. The third kappa shape index (κ3) is 4.99. The summed E-state index contributed by atoms with van der Waals surface area (Å²) >= 11 is 1.19. The van der Waals surface area contributed by atoms with Crippen LogP contribution in [-0.4, -0.2) is 50.6 Å². The number of ether oxygens (including phenoxy) is 1. The molecule has 0 N–H and O–H groups in total. The number of rotatable bonds is 6. The van der Waals surface area contributed by atoms with Crippen molar-refractivity contribution in [2.24, 2.45) is 0 Å². The van der Waals surface area contributed by atoms with Crippen LogP contribution in [0.4, 0.5) is 0 Å². The zero-order valence-electron chi connectivity index (χ0n) is 16.5. The molecule has 0 spiro atoms. The predicted octanol–water partition coefficient (Wildman–Crippen LogP) is 3.38. The third-order valence-electron chi connectivity index (χ3n) is 5.13. The van der Waals surface area contributed by atoms with Gasteiger partial charge in [0.15, 0.2) is 0 Å². The van der Waals surface area contributed by atoms with Gasteiger partial charge in [0.25, 0.3) is 5.91 Å². The largest absolute Gasteiger partial charge is 0.487 e. The second-order valence-corrected chi connectivity index (χ2v) is 7.69. The van der Waals surface area contributed by atoms with Crippen molar-refractivity contribution < 1.29 is 9.53 Å². The zero-order chi connectivity index (χ0) is 20.1. The molecule has 1 saturated heterocycles. The Labute approximate surface area is 175 Å². The van der Waals surface area contributed by atoms with E-state index in [4.69, 9.17) is 4.74 Å². The monoisotopic (exact) mass is 408 g/mol. The molecule has 150 valence electrons. The van der Waals surface area contributed by atoms with E-state index in [-0.39, 0.29) is 5.91 Å². The standard InChI is InChI=1S/C22H24N4O2S/c1-17-21(24-29-23-17)16-28-20-9-7-19(8-10-20)22(27)26-13-11-25(12-14-26)15-18-5-3-2-4-6-18/h2-10H,11-16H2,1H3. The Balaban J connectivity index is 1.28. The number of carbonyl (C=O) groups is 1. The van der Waals surface area contributed by atoms with Crippen LogP contribution in [0.15, 0.2) is 54.6 Å². The molecule has 7 heteroatoms. The van der Waals surface area contributed by atoms with Gasteiger partial charge in [-0.05, 0) is 36.8 Å². The fraction of sp³-hybridized carbons (Fsp3) is 0.318. The highest BCUT2D eigenvalue weighted by Gasteiger charge is 2.22. The van der Waals surface area contributed by atoms with Crippen LogP contribution in [0.5, 0.6) is 5.75 Å². The molecule has 1 amide bonds. The van der Waals surface area contributed by atoms with E-state index in [0.717, 1.165) is 49.9 Å². The Bertz CT molecular complexity index is 935. The Hall–Kier alpha value is -2.77. The maximum absolute atomic E-state index is 12.8. The molecule has 0 radical (unpaired) electrons. The van der Waals surface area contributed by atoms with Gasteiger partial charge in [0.2, 0.25) is 0 Å². The Kier molecular flexibility index (Phi) is 6.17. The average Bonchev–Trinajstić information content (AvgIpc) is 3.18. The molecule has 29 heavy (non-hydrogen) atoms. The lowest BCUT2D eigenvalue weighted by Gasteiger charge is -2.34. The number of piperazine rings is 1. The van der Waals surface area contributed by atoms with Crippen LogP contribution in [0, 0.1) is 6.92 Å². The first-order valence-electron chi connectivity index (χ1n) is 9.75. The highest BCUT2D eigenvalue weighted by molar-refractivity contribution is 6.99. The maximum atomic E-state index is 12.8. The molecule has 1 aliphatic heterocycles. The molecule has 0 bridgehead atoms. The lowest BCUT2D eigenvalue weighted by molar-refractivity contribution is 0.0628. The van der Waals surface area contributed by atoms with Crippen LogP contribution in [0.25, 0.3) is 0 Å². The molecule has 0 saturated carbocycles. The molecular weight excluding hydrogens is 384 g/mol. The van der Waals surface area contributed by atoms with Gasteiger partial charge in [-0.15, -0.1) is 0 Å². The van der Waals surface area contributed by atoms with E-state index in [2.05, 4.69) is 37.9 Å². The van der Waals surface area contributed by atoms with Crippen LogP contribution in [0.2, 0.25) is 0 Å². The van der Waals surface area contributed by atoms with Crippen molar-refractivity contribution in [2.75, 3.05) is 26.2 Å². The lowest BCUT2D eigenvalue weighted by atomic mass is 10.1. The summed E-state index contributed by atoms with van der Waals surface area (Å²) in [5.74, 6) is 0.803. The molecule has 0 atom stereocenters. The van der Waals surface area contributed by atoms with E-state index < -0.39 is 0 Å². The molecule has 0 aliphatic carbocycles. The normalized spacial score (nSPS) is 14.7. The number of aryl methyl sites for hydroxylation is 1. The van der Waals surface area contributed by atoms with E-state index in [1.165, 1.54) is 17.3 Å². The first-order valence-corrected chi connectivity index (χ1v) is 10.5. The summed E-state index contributed by atoms with van der Waals surface area (Å²) in [5, 5.41) is 0. The van der Waals surface area contributed by atoms with Gasteiger partial charge >= 0.3 is 0 Å². The quantitative estimate of drug-likeness (QED) is 0.626. The third-order valence-corrected chi connectivity index (χ3v) is 5.79. The molecular formula is C22H24N4O2S. The van der Waals surface area contributed by atoms with Gasteiger partial charge in [-0.1, -0.05) is 30.3 Å². The molecule has 4 rings (SSSR count). The first-order chi connectivity index (χ1) is 14.2. The van der Waals surface area contributed by atoms with E-state index >= 15 is 0 Å². The van der Waals surface area contributed by atoms with Crippen molar-refractivity contribution in [2.45, 2.75) is 20.1 Å². The van der Waals surface area contributed by atoms with Gasteiger partial charge < -0.3 is 9.64 Å². The van der Waals surface area contributed by atoms with E-state index in [9.17, 15) is 4.79 Å². The van der Waals surface area contributed by atoms with E-state index in [1.54, 1.807) is 0 Å². The van der Waals surface area contributed by atoms with E-state index in [1.807, 2.05) is 42.2 Å². The predicted molar refractivity (Wildman–Crippen MR) is 113 cm³/mol. The topological polar surface area (TPSA) is 58.6 Å². The van der Waals surface area contributed by atoms with Gasteiger partial charge in [0, 0.05) is 38.3 Å². The summed E-state index contributed by atoms with van der Waals surface area (Å²) in [6, 6.07) is 17.8. The Morgan fingerprint density at radius 1 is 1.00 bits per heavy atom. The van der Waals surface area contributed by atoms with Gasteiger partial charge in [-0.3, -0.25) is 9.69 Å². The fourth-order valence-corrected chi connectivity index (χ4v) is 3.91. The highest BCUT2D eigenvalue weighted by atomic mass is 32.1. The number of benzene rings is 2. The van der Waals surface area contributed by atoms with Crippen LogP contribution in [0.1, 0.15) is 27.3 Å². The molecule has 1 fully saturated rings. The van der Waals surface area contributed by atoms with Crippen molar-refractivity contribution in [1.29, 1.82) is 0 Å². The van der Waals surface area contributed by atoms with Crippen LogP contribution >= 0.6 is 11.7 Å². The maximum Gasteiger partial charge on any atom is 0.253 e. The lowest BCUT2D eigenvalue weighted by Crippen LogP contribution is -2.48. The van der Waals surface area contributed by atoms with Crippen molar-refractivity contribution >= 4 is 17.6 Å². The molecule has 1 aliphatic rings. The number of hydrogen-bond acceptors (Lipinski definition) is 6. The van der Waals surface area contributed by atoms with Gasteiger partial charge in [-0.25, -0.2) is 0 Å². The average molecular weight is 409 g/mol. The van der Waals surface area contributed by atoms with Crippen molar-refractivity contribution in [3.8, 4) is 5.75 Å². The zero-order valence-corrected chi connectivity index (χ0v) is 17.3. The highest BCUT2D eigenvalue weighted by Crippen LogP contribution is 2.17. The smallest absolute Gasteiger partial charge is 0.253 e. The van der Waals surface area contributed by atoms with Crippen LogP contribution < -0.4 is 4.74 Å². The number of aromatic nitrogens is 2. The molecule has 2 heterocycles. The van der Waals surface area contributed by atoms with Gasteiger partial charge in [0.05, 0.1) is 17.4 Å². The van der Waals surface area contributed by atoms with Crippen molar-refractivity contribution in [3.05, 3.63) is 77.1 Å². The summed E-state index contributed by atoms with van der Waals surface area (Å²) < 4.78 is 14.1. The van der Waals surface area contributed by atoms with Gasteiger partial charge in [0.1, 0.15) is 18.1 Å². The first kappa shape index (κ1) is 19.5. The minimum Gasteiger partial charge on any atom is -0.487 e. The second kappa shape index (κ2) is 9.15. The number of hydrogen-bond donors (Lipinski definition) is 0. The van der Waals surface area contributed by atoms with Crippen LogP contribution in [-0.2, 0) is 13.2 Å². The van der Waals surface area contributed by atoms with Crippen LogP contribution in [0.3, 0.4) is 0 Å². The minimum atomic E-state index is 0.0791. The van der Waals surface area contributed by atoms with Gasteiger partial charge in [-0.2, -0.15) is 8.75 Å². The summed E-state index contributed by atoms with van der Waals surface area (Å²) in [5.41, 5.74) is 3.75. The Morgan fingerprint density at radius 3 is 2.38 bits per heavy atom. The van der Waals surface area contributed by atoms with Crippen molar-refractivity contribution in [1.82, 2.24) is 18.5 Å². The summed E-state index contributed by atoms with van der Waals surface area (Å²) in [6.45, 7) is 6.53. The van der Waals surface area contributed by atoms with E-state index in [0.29, 0.717) is 12.2 Å². The number of carbonyl (C=O) groups excluding carboxylic acids is 1. The molecule has 3 aromatic rings. The number of amides is 1. The minimum absolute atomic E-state index is 0.0791. The fourth-order valence-electron chi connectivity index (χ4n) is 3.36. The Morgan fingerprint density at radius 2 is 1.72 bits per heavy atom. The summed E-state index contributed by atoms with van der Waals surface area (Å²) in [4.78, 5) is 17.1. The number of nitrogens with zero attached hydrogens (tertiary/aromatic N) is 4. The second-order valence-electron chi connectivity index (χ2n) is 7.16. The SMILES string of the molecule is Cc1nsnc1COc1ccc(C(=O)N2CCN(Cc3ccccc3)CC2)cc1. The molecule has 6 nitrogen and oxygen atoms in total.